The predicted octanol–water partition coefficient (Wildman–Crippen LogP) is 3.90. The van der Waals surface area contributed by atoms with E-state index in [4.69, 9.17) is 4.74 Å². The number of rotatable bonds is 7. The van der Waals surface area contributed by atoms with Crippen molar-refractivity contribution >= 4 is 15.8 Å². The van der Waals surface area contributed by atoms with Crippen LogP contribution in [0.15, 0.2) is 36.5 Å². The van der Waals surface area contributed by atoms with Crippen LogP contribution in [-0.2, 0) is 10.0 Å². The molecule has 176 valence electrons. The highest BCUT2D eigenvalue weighted by Crippen LogP contribution is 2.30. The van der Waals surface area contributed by atoms with Crippen LogP contribution in [0.5, 0.6) is 5.75 Å². The number of anilines is 1. The number of aromatic nitrogens is 2. The first-order valence-electron chi connectivity index (χ1n) is 11.8. The van der Waals surface area contributed by atoms with Crippen LogP contribution in [0.1, 0.15) is 57.1 Å². The van der Waals surface area contributed by atoms with Crippen molar-refractivity contribution in [3.8, 4) is 5.75 Å². The summed E-state index contributed by atoms with van der Waals surface area (Å²) < 4.78 is 33.2. The molecule has 0 saturated carbocycles. The van der Waals surface area contributed by atoms with E-state index in [9.17, 15) is 8.42 Å². The molecule has 0 bridgehead atoms. The van der Waals surface area contributed by atoms with E-state index in [1.807, 2.05) is 6.20 Å². The van der Waals surface area contributed by atoms with E-state index in [1.54, 1.807) is 4.31 Å². The van der Waals surface area contributed by atoms with Crippen molar-refractivity contribution in [2.24, 2.45) is 5.92 Å². The fraction of sp³-hybridized carbons (Fsp3) is 0.625. The maximum absolute atomic E-state index is 11.7. The fourth-order valence-electron chi connectivity index (χ4n) is 4.86. The Morgan fingerprint density at radius 3 is 2.25 bits per heavy atom. The van der Waals surface area contributed by atoms with Crippen molar-refractivity contribution in [1.29, 1.82) is 0 Å². The van der Waals surface area contributed by atoms with Crippen molar-refractivity contribution in [1.82, 2.24) is 14.1 Å². The summed E-state index contributed by atoms with van der Waals surface area (Å²) in [5, 5.41) is 4.46. The van der Waals surface area contributed by atoms with E-state index in [1.165, 1.54) is 17.6 Å². The Labute approximate surface area is 192 Å². The van der Waals surface area contributed by atoms with Gasteiger partial charge >= 0.3 is 0 Å². The van der Waals surface area contributed by atoms with Gasteiger partial charge in [-0.2, -0.15) is 5.10 Å². The third-order valence-electron chi connectivity index (χ3n) is 6.84. The van der Waals surface area contributed by atoms with Gasteiger partial charge in [-0.15, -0.1) is 0 Å². The van der Waals surface area contributed by atoms with E-state index in [2.05, 4.69) is 58.9 Å². The molecule has 7 nitrogen and oxygen atoms in total. The SMILES string of the molecule is CC(C)n1nccc1N1CCC(COc2ccc(C3CCN(S(C)(=O)=O)CC3)cc2)CC1. The zero-order chi connectivity index (χ0) is 22.7. The zero-order valence-corrected chi connectivity index (χ0v) is 20.3. The van der Waals surface area contributed by atoms with Crippen LogP contribution in [0, 0.1) is 5.92 Å². The molecule has 0 atom stereocenters. The quantitative estimate of drug-likeness (QED) is 0.627. The molecular formula is C24H36N4O3S. The lowest BCUT2D eigenvalue weighted by Gasteiger charge is -2.34. The van der Waals surface area contributed by atoms with E-state index in [-0.39, 0.29) is 0 Å². The van der Waals surface area contributed by atoms with Crippen LogP contribution >= 0.6 is 0 Å². The van der Waals surface area contributed by atoms with Gasteiger partial charge in [-0.25, -0.2) is 17.4 Å². The van der Waals surface area contributed by atoms with Crippen molar-refractivity contribution < 1.29 is 13.2 Å². The van der Waals surface area contributed by atoms with E-state index in [0.717, 1.165) is 51.1 Å². The minimum Gasteiger partial charge on any atom is -0.493 e. The molecule has 0 amide bonds. The van der Waals surface area contributed by atoms with Gasteiger partial charge in [-0.05, 0) is 69.1 Å². The Morgan fingerprint density at radius 2 is 1.66 bits per heavy atom. The van der Waals surface area contributed by atoms with Gasteiger partial charge in [0.15, 0.2) is 0 Å². The van der Waals surface area contributed by atoms with Gasteiger partial charge in [-0.3, -0.25) is 0 Å². The zero-order valence-electron chi connectivity index (χ0n) is 19.5. The standard InChI is InChI=1S/C24H36N4O3S/c1-19(2)28-24(8-13-25-28)26-14-9-20(10-15-26)18-31-23-6-4-21(5-7-23)22-11-16-27(17-12-22)32(3,29)30/h4-8,13,19-20,22H,9-12,14-18H2,1-3H3. The van der Waals surface area contributed by atoms with Gasteiger partial charge in [0.25, 0.3) is 0 Å². The molecule has 2 aliphatic rings. The molecule has 0 aliphatic carbocycles. The summed E-state index contributed by atoms with van der Waals surface area (Å²) in [6, 6.07) is 10.9. The van der Waals surface area contributed by atoms with Gasteiger partial charge < -0.3 is 9.64 Å². The highest BCUT2D eigenvalue weighted by Gasteiger charge is 2.26. The first-order valence-corrected chi connectivity index (χ1v) is 13.6. The number of piperidine rings is 2. The molecule has 0 N–H and O–H groups in total. The molecular weight excluding hydrogens is 424 g/mol. The van der Waals surface area contributed by atoms with Gasteiger partial charge in [0, 0.05) is 38.3 Å². The van der Waals surface area contributed by atoms with Crippen LogP contribution in [0.2, 0.25) is 0 Å². The fourth-order valence-corrected chi connectivity index (χ4v) is 5.73. The Kier molecular flexibility index (Phi) is 7.10. The molecule has 3 heterocycles. The third kappa shape index (κ3) is 5.46. The minimum atomic E-state index is -3.07. The number of hydrogen-bond donors (Lipinski definition) is 0. The molecule has 1 aromatic carbocycles. The topological polar surface area (TPSA) is 67.7 Å². The average Bonchev–Trinajstić information content (AvgIpc) is 3.28. The monoisotopic (exact) mass is 460 g/mol. The molecule has 2 saturated heterocycles. The van der Waals surface area contributed by atoms with E-state index in [0.29, 0.717) is 31.0 Å². The van der Waals surface area contributed by atoms with Gasteiger partial charge in [-0.1, -0.05) is 12.1 Å². The number of hydrogen-bond acceptors (Lipinski definition) is 5. The van der Waals surface area contributed by atoms with Crippen molar-refractivity contribution in [3.63, 3.8) is 0 Å². The Bertz CT molecular complexity index is 971. The van der Waals surface area contributed by atoms with Crippen molar-refractivity contribution in [3.05, 3.63) is 42.1 Å². The van der Waals surface area contributed by atoms with Crippen LogP contribution < -0.4 is 9.64 Å². The van der Waals surface area contributed by atoms with Gasteiger partial charge in [0.2, 0.25) is 10.0 Å². The Balaban J connectivity index is 1.23. The first kappa shape index (κ1) is 23.1. The predicted molar refractivity (Wildman–Crippen MR) is 128 cm³/mol. The van der Waals surface area contributed by atoms with Crippen LogP contribution in [-0.4, -0.2) is 61.5 Å². The lowest BCUT2D eigenvalue weighted by atomic mass is 9.90. The van der Waals surface area contributed by atoms with Crippen molar-refractivity contribution in [2.45, 2.75) is 51.5 Å². The Morgan fingerprint density at radius 1 is 1.00 bits per heavy atom. The summed E-state index contributed by atoms with van der Waals surface area (Å²) in [4.78, 5) is 2.44. The smallest absolute Gasteiger partial charge is 0.211 e. The molecule has 0 unspecified atom stereocenters. The van der Waals surface area contributed by atoms with Crippen LogP contribution in [0.3, 0.4) is 0 Å². The summed E-state index contributed by atoms with van der Waals surface area (Å²) in [5.74, 6) is 3.13. The summed E-state index contributed by atoms with van der Waals surface area (Å²) in [6.07, 6.45) is 7.19. The highest BCUT2D eigenvalue weighted by molar-refractivity contribution is 7.88. The third-order valence-corrected chi connectivity index (χ3v) is 8.14. The summed E-state index contributed by atoms with van der Waals surface area (Å²) in [6.45, 7) is 8.39. The molecule has 2 aliphatic heterocycles. The Hall–Kier alpha value is -2.06. The molecule has 32 heavy (non-hydrogen) atoms. The summed E-state index contributed by atoms with van der Waals surface area (Å²) in [7, 11) is -3.07. The van der Waals surface area contributed by atoms with Crippen LogP contribution in [0.25, 0.3) is 0 Å². The van der Waals surface area contributed by atoms with Crippen LogP contribution in [0.4, 0.5) is 5.82 Å². The molecule has 0 spiro atoms. The molecule has 0 radical (unpaired) electrons. The number of nitrogens with zero attached hydrogens (tertiary/aromatic N) is 4. The second-order valence-corrected chi connectivity index (χ2v) is 11.5. The maximum Gasteiger partial charge on any atom is 0.211 e. The second kappa shape index (κ2) is 9.83. The number of benzene rings is 1. The average molecular weight is 461 g/mol. The van der Waals surface area contributed by atoms with E-state index >= 15 is 0 Å². The van der Waals surface area contributed by atoms with Gasteiger partial charge in [0.1, 0.15) is 11.6 Å². The maximum atomic E-state index is 11.7. The molecule has 2 fully saturated rings. The largest absolute Gasteiger partial charge is 0.493 e. The number of sulfonamides is 1. The molecule has 2 aromatic rings. The molecule has 8 heteroatoms. The lowest BCUT2D eigenvalue weighted by Crippen LogP contribution is -2.37. The first-order chi connectivity index (χ1) is 15.3. The number of ether oxygens (including phenoxy) is 1. The minimum absolute atomic E-state index is 0.372. The van der Waals surface area contributed by atoms with Crippen molar-refractivity contribution in [2.75, 3.05) is 43.9 Å². The normalized spacial score (nSPS) is 19.6. The summed E-state index contributed by atoms with van der Waals surface area (Å²) in [5.41, 5.74) is 1.28. The molecule has 4 rings (SSSR count). The summed E-state index contributed by atoms with van der Waals surface area (Å²) >= 11 is 0. The lowest BCUT2D eigenvalue weighted by molar-refractivity contribution is 0.222. The second-order valence-electron chi connectivity index (χ2n) is 9.47. The molecule has 1 aromatic heterocycles. The highest BCUT2D eigenvalue weighted by atomic mass is 32.2. The van der Waals surface area contributed by atoms with Gasteiger partial charge in [0.05, 0.1) is 19.1 Å². The van der Waals surface area contributed by atoms with E-state index < -0.39 is 10.0 Å².